The molecule has 3 N–H and O–H groups in total. The van der Waals surface area contributed by atoms with Crippen molar-refractivity contribution in [3.05, 3.63) is 47.4 Å². The van der Waals surface area contributed by atoms with Crippen LogP contribution in [0.15, 0.2) is 30.6 Å². The van der Waals surface area contributed by atoms with Crippen LogP contribution >= 0.6 is 11.8 Å². The van der Waals surface area contributed by atoms with Crippen molar-refractivity contribution < 1.29 is 14.3 Å². The number of nitrogens with two attached hydrogens (primary N) is 1. The minimum Gasteiger partial charge on any atom is -0.474 e. The third-order valence-corrected chi connectivity index (χ3v) is 7.97. The lowest BCUT2D eigenvalue weighted by atomic mass is 9.92. The Labute approximate surface area is 209 Å². The highest BCUT2D eigenvalue weighted by Crippen LogP contribution is 2.37. The molecule has 1 aliphatic carbocycles. The van der Waals surface area contributed by atoms with Gasteiger partial charge in [-0.05, 0) is 69.0 Å². The first-order valence-electron chi connectivity index (χ1n) is 11.9. The summed E-state index contributed by atoms with van der Waals surface area (Å²) in [6, 6.07) is 5.48. The van der Waals surface area contributed by atoms with Crippen LogP contribution in [0.3, 0.4) is 0 Å². The molecule has 9 heteroatoms. The largest absolute Gasteiger partial charge is 0.474 e. The third kappa shape index (κ3) is 4.54. The van der Waals surface area contributed by atoms with Gasteiger partial charge >= 0.3 is 5.97 Å². The maximum atomic E-state index is 12.2. The number of rotatable bonds is 6. The third-order valence-electron chi connectivity index (χ3n) is 6.92. The molecule has 0 spiro atoms. The van der Waals surface area contributed by atoms with Gasteiger partial charge in [0.1, 0.15) is 23.8 Å². The van der Waals surface area contributed by atoms with Crippen molar-refractivity contribution in [3.63, 3.8) is 0 Å². The van der Waals surface area contributed by atoms with Crippen molar-refractivity contribution in [2.45, 2.75) is 69.5 Å². The highest BCUT2D eigenvalue weighted by atomic mass is 32.2. The first-order valence-corrected chi connectivity index (χ1v) is 13.2. The molecule has 0 amide bonds. The summed E-state index contributed by atoms with van der Waals surface area (Å²) in [5.74, 6) is 1.49. The van der Waals surface area contributed by atoms with Crippen LogP contribution in [0.4, 0.5) is 11.6 Å². The fourth-order valence-electron chi connectivity index (χ4n) is 4.50. The van der Waals surface area contributed by atoms with Crippen LogP contribution in [-0.4, -0.2) is 44.6 Å². The maximum absolute atomic E-state index is 12.2. The Morgan fingerprint density at radius 1 is 1.14 bits per heavy atom. The van der Waals surface area contributed by atoms with Gasteiger partial charge < -0.3 is 20.5 Å². The zero-order valence-electron chi connectivity index (χ0n) is 20.7. The maximum Gasteiger partial charge on any atom is 0.340 e. The van der Waals surface area contributed by atoms with E-state index in [-0.39, 0.29) is 24.1 Å². The molecule has 3 aromatic heterocycles. The van der Waals surface area contributed by atoms with Gasteiger partial charge in [0.2, 0.25) is 5.88 Å². The Kier molecular flexibility index (Phi) is 6.09. The summed E-state index contributed by atoms with van der Waals surface area (Å²) in [5, 5.41) is 5.71. The summed E-state index contributed by atoms with van der Waals surface area (Å²) in [6.45, 7) is 7.81. The van der Waals surface area contributed by atoms with Gasteiger partial charge in [-0.1, -0.05) is 6.92 Å². The number of carbonyl (C=O) groups excluding carboxylic acids is 1. The van der Waals surface area contributed by atoms with Gasteiger partial charge in [0, 0.05) is 29.1 Å². The number of nitrogens with zero attached hydrogens (tertiary/aromatic N) is 3. The molecule has 2 aliphatic rings. The number of carbonyl (C=O) groups is 1. The molecule has 8 nitrogen and oxygen atoms in total. The van der Waals surface area contributed by atoms with Crippen molar-refractivity contribution in [2.75, 3.05) is 11.6 Å². The van der Waals surface area contributed by atoms with Crippen LogP contribution in [0.1, 0.15) is 68.1 Å². The Morgan fingerprint density at radius 3 is 2.63 bits per heavy atom. The molecular weight excluding hydrogens is 462 g/mol. The van der Waals surface area contributed by atoms with Crippen LogP contribution < -0.4 is 15.8 Å². The number of pyridine rings is 3. The topological polar surface area (TPSA) is 112 Å². The lowest BCUT2D eigenvalue weighted by Crippen LogP contribution is -2.36. The second-order valence-electron chi connectivity index (χ2n) is 10.0. The molecule has 35 heavy (non-hydrogen) atoms. The normalized spacial score (nSPS) is 23.9. The van der Waals surface area contributed by atoms with Crippen LogP contribution in [0, 0.1) is 0 Å². The van der Waals surface area contributed by atoms with Crippen molar-refractivity contribution in [1.29, 1.82) is 0 Å². The highest BCUT2D eigenvalue weighted by Gasteiger charge is 2.32. The molecule has 2 atom stereocenters. The molecule has 1 aliphatic heterocycles. The van der Waals surface area contributed by atoms with E-state index in [2.05, 4.69) is 21.5 Å². The number of hydrogen-bond donors (Lipinski definition) is 2. The first kappa shape index (κ1) is 23.8. The van der Waals surface area contributed by atoms with Crippen LogP contribution in [0.5, 0.6) is 5.88 Å². The van der Waals surface area contributed by atoms with E-state index in [9.17, 15) is 4.79 Å². The van der Waals surface area contributed by atoms with E-state index in [4.69, 9.17) is 20.2 Å². The van der Waals surface area contributed by atoms with Crippen molar-refractivity contribution >= 4 is 40.1 Å². The Morgan fingerprint density at radius 2 is 1.91 bits per heavy atom. The molecule has 4 heterocycles. The fourth-order valence-corrected chi connectivity index (χ4v) is 5.32. The zero-order chi connectivity index (χ0) is 24.9. The number of fused-ring (bicyclic) bond motifs is 2. The number of nitrogens with one attached hydrogen (secondary N) is 1. The van der Waals surface area contributed by atoms with Crippen molar-refractivity contribution in [3.8, 4) is 5.88 Å². The molecule has 184 valence electrons. The first-order chi connectivity index (χ1) is 16.6. The van der Waals surface area contributed by atoms with Gasteiger partial charge in [0.15, 0.2) is 0 Å². The average Bonchev–Trinajstić information content (AvgIpc) is 2.78. The van der Waals surface area contributed by atoms with Gasteiger partial charge in [0.25, 0.3) is 0 Å². The number of thioether (sulfide) groups is 1. The zero-order valence-corrected chi connectivity index (χ0v) is 21.5. The van der Waals surface area contributed by atoms with Gasteiger partial charge in [-0.15, -0.1) is 0 Å². The quantitative estimate of drug-likeness (QED) is 0.463. The standard InChI is InChI=1S/C26H31N5O3S/c1-13-14(2)33-25(32)17-6-7-21(31-23(13)17)30-22-10-18-19(11-28-22)24(29-12-20(18)26(3,4)27)34-15-8-16(9-15)35-5/h6-7,10-16H,8-9,27H2,1-5H3,(H,28,30,31)/t13-,14?,15?,16?/m0/s1. The van der Waals surface area contributed by atoms with Crippen LogP contribution in [0.25, 0.3) is 10.8 Å². The second kappa shape index (κ2) is 8.95. The van der Waals surface area contributed by atoms with E-state index in [1.807, 2.05) is 45.5 Å². The van der Waals surface area contributed by atoms with Gasteiger partial charge in [-0.25, -0.2) is 19.7 Å². The van der Waals surface area contributed by atoms with Gasteiger partial charge in [-0.2, -0.15) is 11.8 Å². The van der Waals surface area contributed by atoms with Crippen LogP contribution in [-0.2, 0) is 10.3 Å². The highest BCUT2D eigenvalue weighted by molar-refractivity contribution is 7.99. The molecular formula is C26H31N5O3S. The van der Waals surface area contributed by atoms with E-state index in [1.165, 1.54) is 0 Å². The van der Waals surface area contributed by atoms with E-state index in [0.29, 0.717) is 28.3 Å². The number of aromatic nitrogens is 3. The monoisotopic (exact) mass is 493 g/mol. The van der Waals surface area contributed by atoms with Gasteiger partial charge in [-0.3, -0.25) is 0 Å². The average molecular weight is 494 g/mol. The minimum atomic E-state index is -0.598. The lowest BCUT2D eigenvalue weighted by molar-refractivity contribution is 0.0235. The molecule has 0 radical (unpaired) electrons. The molecule has 1 unspecified atom stereocenters. The predicted octanol–water partition coefficient (Wildman–Crippen LogP) is 4.90. The van der Waals surface area contributed by atoms with Crippen LogP contribution in [0.2, 0.25) is 0 Å². The Balaban J connectivity index is 1.48. The molecule has 5 rings (SSSR count). The van der Waals surface area contributed by atoms with E-state index in [1.54, 1.807) is 24.5 Å². The number of ether oxygens (including phenoxy) is 2. The lowest BCUT2D eigenvalue weighted by Gasteiger charge is -2.34. The summed E-state index contributed by atoms with van der Waals surface area (Å²) in [4.78, 5) is 26.2. The summed E-state index contributed by atoms with van der Waals surface area (Å²) in [7, 11) is 0. The summed E-state index contributed by atoms with van der Waals surface area (Å²) in [5.41, 5.74) is 8.03. The summed E-state index contributed by atoms with van der Waals surface area (Å²) >= 11 is 1.88. The number of hydrogen-bond acceptors (Lipinski definition) is 9. The molecule has 1 fully saturated rings. The summed E-state index contributed by atoms with van der Waals surface area (Å²) < 4.78 is 11.6. The minimum absolute atomic E-state index is 0.00153. The number of cyclic esters (lactones) is 1. The number of anilines is 2. The molecule has 0 saturated heterocycles. The Hall–Kier alpha value is -2.91. The predicted molar refractivity (Wildman–Crippen MR) is 139 cm³/mol. The van der Waals surface area contributed by atoms with Crippen molar-refractivity contribution in [1.82, 2.24) is 15.0 Å². The summed E-state index contributed by atoms with van der Waals surface area (Å²) in [6.07, 6.45) is 7.71. The smallest absolute Gasteiger partial charge is 0.340 e. The molecule has 0 aromatic carbocycles. The van der Waals surface area contributed by atoms with E-state index >= 15 is 0 Å². The van der Waals surface area contributed by atoms with E-state index in [0.717, 1.165) is 34.9 Å². The molecule has 1 saturated carbocycles. The second-order valence-corrected chi connectivity index (χ2v) is 11.2. The fraction of sp³-hybridized carbons (Fsp3) is 0.462. The SMILES string of the molecule is CSC1CC(Oc2ncc(C(C)(C)N)c3cc(Nc4ccc5c(n4)[C@@H](C)C(C)OC5=O)ncc23)C1. The molecule has 0 bridgehead atoms. The van der Waals surface area contributed by atoms with Gasteiger partial charge in [0.05, 0.1) is 16.6 Å². The van der Waals surface area contributed by atoms with E-state index < -0.39 is 5.54 Å². The number of esters is 1. The van der Waals surface area contributed by atoms with Crippen molar-refractivity contribution in [2.24, 2.45) is 5.73 Å². The molecule has 3 aromatic rings. The Bertz CT molecular complexity index is 1290.